The van der Waals surface area contributed by atoms with Crippen molar-refractivity contribution in [2.75, 3.05) is 23.9 Å². The Bertz CT molecular complexity index is 502. The number of thiophene rings is 1. The summed E-state index contributed by atoms with van der Waals surface area (Å²) in [6.45, 7) is 2.93. The molecule has 96 valence electrons. The van der Waals surface area contributed by atoms with Gasteiger partial charge in [0.2, 0.25) is 0 Å². The third kappa shape index (κ3) is 3.14. The molecule has 4 nitrogen and oxygen atoms in total. The molecule has 0 atom stereocenters. The highest BCUT2D eigenvalue weighted by Gasteiger charge is 2.04. The Labute approximate surface area is 115 Å². The fourth-order valence-corrected chi connectivity index (χ4v) is 2.72. The minimum atomic E-state index is 0.771. The number of rotatable bonds is 5. The van der Waals surface area contributed by atoms with Crippen molar-refractivity contribution in [2.45, 2.75) is 18.6 Å². The zero-order valence-corrected chi connectivity index (χ0v) is 12.3. The topological polar surface area (TPSA) is 49.8 Å². The monoisotopic (exact) mass is 280 g/mol. The lowest BCUT2D eigenvalue weighted by atomic mass is 10.3. The molecule has 0 aromatic carbocycles. The molecule has 0 bridgehead atoms. The average molecular weight is 280 g/mol. The Morgan fingerprint density at radius 3 is 2.72 bits per heavy atom. The van der Waals surface area contributed by atoms with Crippen LogP contribution in [-0.2, 0) is 6.54 Å². The second kappa shape index (κ2) is 6.06. The summed E-state index contributed by atoms with van der Waals surface area (Å²) < 4.78 is 0. The van der Waals surface area contributed by atoms with E-state index in [9.17, 15) is 0 Å². The largest absolute Gasteiger partial charge is 0.373 e. The zero-order valence-electron chi connectivity index (χ0n) is 10.7. The van der Waals surface area contributed by atoms with Crippen molar-refractivity contribution in [3.8, 4) is 0 Å². The Hall–Kier alpha value is -1.27. The highest BCUT2D eigenvalue weighted by atomic mass is 32.2. The van der Waals surface area contributed by atoms with Crippen LogP contribution in [0.4, 0.5) is 11.6 Å². The van der Waals surface area contributed by atoms with E-state index in [0.717, 1.165) is 23.3 Å². The number of thioether (sulfide) groups is 1. The van der Waals surface area contributed by atoms with Crippen LogP contribution in [0.5, 0.6) is 0 Å². The van der Waals surface area contributed by atoms with Gasteiger partial charge in [-0.25, -0.2) is 9.97 Å². The van der Waals surface area contributed by atoms with Gasteiger partial charge in [0, 0.05) is 18.0 Å². The van der Waals surface area contributed by atoms with Crippen LogP contribution in [0.25, 0.3) is 0 Å². The fourth-order valence-electron chi connectivity index (χ4n) is 1.49. The van der Waals surface area contributed by atoms with Gasteiger partial charge in [-0.3, -0.25) is 0 Å². The third-order valence-corrected chi connectivity index (χ3v) is 4.11. The summed E-state index contributed by atoms with van der Waals surface area (Å²) >= 11 is 3.30. The van der Waals surface area contributed by atoms with Gasteiger partial charge < -0.3 is 10.6 Å². The van der Waals surface area contributed by atoms with E-state index < -0.39 is 0 Å². The summed E-state index contributed by atoms with van der Waals surface area (Å²) in [7, 11) is 1.86. The SMILES string of the molecule is CNc1cc(NCc2sccc2C)nc(SC)n1. The van der Waals surface area contributed by atoms with Crippen molar-refractivity contribution in [3.05, 3.63) is 28.0 Å². The summed E-state index contributed by atoms with van der Waals surface area (Å²) in [5.74, 6) is 1.69. The van der Waals surface area contributed by atoms with Crippen LogP contribution >= 0.6 is 23.1 Å². The van der Waals surface area contributed by atoms with Gasteiger partial charge >= 0.3 is 0 Å². The smallest absolute Gasteiger partial charge is 0.191 e. The van der Waals surface area contributed by atoms with Crippen molar-refractivity contribution in [3.63, 3.8) is 0 Å². The van der Waals surface area contributed by atoms with Gasteiger partial charge in [0.15, 0.2) is 5.16 Å². The van der Waals surface area contributed by atoms with E-state index in [1.807, 2.05) is 19.4 Å². The summed E-state index contributed by atoms with van der Waals surface area (Å²) in [6, 6.07) is 4.05. The van der Waals surface area contributed by atoms with E-state index in [-0.39, 0.29) is 0 Å². The lowest BCUT2D eigenvalue weighted by molar-refractivity contribution is 0.960. The van der Waals surface area contributed by atoms with Crippen LogP contribution in [0.15, 0.2) is 22.7 Å². The second-order valence-corrected chi connectivity index (χ2v) is 5.53. The van der Waals surface area contributed by atoms with E-state index in [0.29, 0.717) is 0 Å². The molecule has 0 amide bonds. The van der Waals surface area contributed by atoms with Gasteiger partial charge in [-0.2, -0.15) is 0 Å². The molecule has 0 unspecified atom stereocenters. The molecule has 2 aromatic rings. The molecular weight excluding hydrogens is 264 g/mol. The van der Waals surface area contributed by atoms with Crippen LogP contribution in [-0.4, -0.2) is 23.3 Å². The van der Waals surface area contributed by atoms with Gasteiger partial charge in [-0.1, -0.05) is 11.8 Å². The molecule has 0 aliphatic heterocycles. The second-order valence-electron chi connectivity index (χ2n) is 3.76. The number of hydrogen-bond donors (Lipinski definition) is 2. The summed E-state index contributed by atoms with van der Waals surface area (Å²) in [5.41, 5.74) is 1.32. The van der Waals surface area contributed by atoms with Crippen LogP contribution < -0.4 is 10.6 Å². The maximum absolute atomic E-state index is 4.43. The van der Waals surface area contributed by atoms with Crippen LogP contribution in [0.2, 0.25) is 0 Å². The van der Waals surface area contributed by atoms with Crippen molar-refractivity contribution in [2.24, 2.45) is 0 Å². The first-order chi connectivity index (χ1) is 8.72. The average Bonchev–Trinajstić information content (AvgIpc) is 2.81. The molecular formula is C12H16N4S2. The predicted octanol–water partition coefficient (Wildman–Crippen LogP) is 3.22. The van der Waals surface area contributed by atoms with E-state index in [1.54, 1.807) is 11.3 Å². The first-order valence-electron chi connectivity index (χ1n) is 5.60. The van der Waals surface area contributed by atoms with Gasteiger partial charge in [-0.15, -0.1) is 11.3 Å². The van der Waals surface area contributed by atoms with E-state index in [2.05, 4.69) is 39.0 Å². The molecule has 0 saturated heterocycles. The highest BCUT2D eigenvalue weighted by Crippen LogP contribution is 2.20. The Morgan fingerprint density at radius 1 is 1.33 bits per heavy atom. The minimum absolute atomic E-state index is 0.771. The standard InChI is InChI=1S/C12H16N4S2/c1-8-4-5-18-9(8)7-14-11-6-10(13-2)15-12(16-11)17-3/h4-6H,7H2,1-3H3,(H2,13,14,15,16). The Morgan fingerprint density at radius 2 is 2.11 bits per heavy atom. The summed E-state index contributed by atoms with van der Waals surface area (Å²) in [4.78, 5) is 10.1. The van der Waals surface area contributed by atoms with Crippen molar-refractivity contribution < 1.29 is 0 Å². The third-order valence-electron chi connectivity index (χ3n) is 2.54. The first-order valence-corrected chi connectivity index (χ1v) is 7.71. The number of hydrogen-bond acceptors (Lipinski definition) is 6. The van der Waals surface area contributed by atoms with Gasteiger partial charge in [-0.05, 0) is 30.2 Å². The maximum atomic E-state index is 4.43. The number of anilines is 2. The van der Waals surface area contributed by atoms with E-state index >= 15 is 0 Å². The van der Waals surface area contributed by atoms with Crippen molar-refractivity contribution in [1.29, 1.82) is 0 Å². The van der Waals surface area contributed by atoms with Crippen LogP contribution in [0, 0.1) is 6.92 Å². The lowest BCUT2D eigenvalue weighted by Crippen LogP contribution is -2.04. The van der Waals surface area contributed by atoms with Crippen molar-refractivity contribution >= 4 is 34.7 Å². The lowest BCUT2D eigenvalue weighted by Gasteiger charge is -2.08. The Kier molecular flexibility index (Phi) is 4.43. The summed E-state index contributed by atoms with van der Waals surface area (Å²) in [6.07, 6.45) is 1.97. The van der Waals surface area contributed by atoms with Gasteiger partial charge in [0.25, 0.3) is 0 Å². The molecule has 0 spiro atoms. The maximum Gasteiger partial charge on any atom is 0.191 e. The molecule has 2 heterocycles. The van der Waals surface area contributed by atoms with Crippen LogP contribution in [0.3, 0.4) is 0 Å². The first kappa shape index (κ1) is 13.2. The number of aromatic nitrogens is 2. The molecule has 0 aliphatic rings. The molecule has 18 heavy (non-hydrogen) atoms. The zero-order chi connectivity index (χ0) is 13.0. The van der Waals surface area contributed by atoms with Crippen LogP contribution in [0.1, 0.15) is 10.4 Å². The van der Waals surface area contributed by atoms with Gasteiger partial charge in [0.1, 0.15) is 11.6 Å². The number of nitrogens with one attached hydrogen (secondary N) is 2. The predicted molar refractivity (Wildman–Crippen MR) is 79.7 cm³/mol. The quantitative estimate of drug-likeness (QED) is 0.650. The minimum Gasteiger partial charge on any atom is -0.373 e. The molecule has 0 aliphatic carbocycles. The van der Waals surface area contributed by atoms with E-state index in [1.165, 1.54) is 22.2 Å². The normalized spacial score (nSPS) is 10.4. The highest BCUT2D eigenvalue weighted by molar-refractivity contribution is 7.98. The molecule has 0 saturated carbocycles. The van der Waals surface area contributed by atoms with Crippen molar-refractivity contribution in [1.82, 2.24) is 9.97 Å². The summed E-state index contributed by atoms with van der Waals surface area (Å²) in [5, 5.41) is 9.27. The number of nitrogens with zero attached hydrogens (tertiary/aromatic N) is 2. The molecule has 2 N–H and O–H groups in total. The fraction of sp³-hybridized carbons (Fsp3) is 0.333. The molecule has 0 fully saturated rings. The molecule has 6 heteroatoms. The van der Waals surface area contributed by atoms with Gasteiger partial charge in [0.05, 0.1) is 6.54 Å². The number of aryl methyl sites for hydroxylation is 1. The Balaban J connectivity index is 2.11. The molecule has 2 rings (SSSR count). The molecule has 2 aromatic heterocycles. The van der Waals surface area contributed by atoms with E-state index in [4.69, 9.17) is 0 Å². The molecule has 0 radical (unpaired) electrons.